The van der Waals surface area contributed by atoms with Crippen LogP contribution in [0.15, 0.2) is 48.5 Å². The molecule has 0 saturated heterocycles. The van der Waals surface area contributed by atoms with Crippen LogP contribution in [0.5, 0.6) is 0 Å². The van der Waals surface area contributed by atoms with Crippen LogP contribution in [0.1, 0.15) is 5.56 Å². The van der Waals surface area contributed by atoms with Crippen LogP contribution in [0.3, 0.4) is 0 Å². The molecule has 0 saturated carbocycles. The number of nitrogens with two attached hydrogens (primary N) is 2. The van der Waals surface area contributed by atoms with Gasteiger partial charge in [-0.3, -0.25) is 4.79 Å². The highest BCUT2D eigenvalue weighted by atomic mass is 35.5. The van der Waals surface area contributed by atoms with Crippen LogP contribution in [0, 0.1) is 0 Å². The Hall–Kier alpha value is -1.59. The van der Waals surface area contributed by atoms with Crippen LogP contribution >= 0.6 is 24.0 Å². The normalized spacial score (nSPS) is 12.9. The van der Waals surface area contributed by atoms with Gasteiger partial charge in [0.05, 0.1) is 7.11 Å². The SMILES string of the molecule is COC(=O)[C@@H](N)[C@H](N)Cc1ccc(-c2cccc(Cl)c2)cc1.Cl. The summed E-state index contributed by atoms with van der Waals surface area (Å²) < 4.78 is 4.60. The molecule has 2 aromatic rings. The van der Waals surface area contributed by atoms with E-state index in [0.717, 1.165) is 16.7 Å². The molecule has 124 valence electrons. The van der Waals surface area contributed by atoms with Crippen molar-refractivity contribution in [2.45, 2.75) is 18.5 Å². The number of methoxy groups -OCH3 is 1. The molecule has 0 aliphatic heterocycles. The molecule has 0 aromatic heterocycles. The van der Waals surface area contributed by atoms with Crippen LogP contribution in [0.4, 0.5) is 0 Å². The Balaban J connectivity index is 0.00000264. The number of hydrogen-bond acceptors (Lipinski definition) is 4. The maximum absolute atomic E-state index is 11.4. The molecule has 0 aliphatic rings. The van der Waals surface area contributed by atoms with E-state index in [9.17, 15) is 4.79 Å². The van der Waals surface area contributed by atoms with Crippen molar-refractivity contribution < 1.29 is 9.53 Å². The first-order chi connectivity index (χ1) is 10.5. The molecular weight excluding hydrogens is 335 g/mol. The summed E-state index contributed by atoms with van der Waals surface area (Å²) in [5, 5.41) is 0.702. The maximum atomic E-state index is 11.4. The van der Waals surface area contributed by atoms with Gasteiger partial charge in [-0.2, -0.15) is 0 Å². The van der Waals surface area contributed by atoms with Crippen molar-refractivity contribution >= 4 is 30.0 Å². The molecule has 23 heavy (non-hydrogen) atoms. The Morgan fingerprint density at radius 1 is 1.13 bits per heavy atom. The molecule has 0 unspecified atom stereocenters. The van der Waals surface area contributed by atoms with E-state index in [2.05, 4.69) is 4.74 Å². The van der Waals surface area contributed by atoms with E-state index < -0.39 is 18.1 Å². The van der Waals surface area contributed by atoms with E-state index in [1.165, 1.54) is 7.11 Å². The number of ether oxygens (including phenoxy) is 1. The van der Waals surface area contributed by atoms with Gasteiger partial charge in [-0.25, -0.2) is 0 Å². The molecule has 2 atom stereocenters. The molecular formula is C17H20Cl2N2O2. The van der Waals surface area contributed by atoms with Crippen molar-refractivity contribution in [2.24, 2.45) is 11.5 Å². The molecule has 0 radical (unpaired) electrons. The van der Waals surface area contributed by atoms with E-state index in [1.54, 1.807) is 0 Å². The predicted octanol–water partition coefficient (Wildman–Crippen LogP) is 2.80. The van der Waals surface area contributed by atoms with E-state index >= 15 is 0 Å². The van der Waals surface area contributed by atoms with Gasteiger partial charge < -0.3 is 16.2 Å². The lowest BCUT2D eigenvalue weighted by Crippen LogP contribution is -2.48. The third kappa shape index (κ3) is 5.22. The average molecular weight is 355 g/mol. The summed E-state index contributed by atoms with van der Waals surface area (Å²) in [5.74, 6) is -0.497. The van der Waals surface area contributed by atoms with Crippen LogP contribution < -0.4 is 11.5 Å². The fraction of sp³-hybridized carbons (Fsp3) is 0.235. The van der Waals surface area contributed by atoms with E-state index in [4.69, 9.17) is 23.1 Å². The number of hydrogen-bond donors (Lipinski definition) is 2. The molecule has 0 spiro atoms. The minimum atomic E-state index is -0.822. The third-order valence-electron chi connectivity index (χ3n) is 3.52. The van der Waals surface area contributed by atoms with Crippen LogP contribution in [0.2, 0.25) is 5.02 Å². The number of halogens is 2. The van der Waals surface area contributed by atoms with Crippen molar-refractivity contribution in [1.29, 1.82) is 0 Å². The van der Waals surface area contributed by atoms with Crippen molar-refractivity contribution in [3.05, 3.63) is 59.1 Å². The number of carbonyl (C=O) groups is 1. The fourth-order valence-electron chi connectivity index (χ4n) is 2.21. The highest BCUT2D eigenvalue weighted by Gasteiger charge is 2.22. The molecule has 0 bridgehead atoms. The van der Waals surface area contributed by atoms with Crippen molar-refractivity contribution in [3.8, 4) is 11.1 Å². The van der Waals surface area contributed by atoms with Gasteiger partial charge in [0.15, 0.2) is 0 Å². The lowest BCUT2D eigenvalue weighted by atomic mass is 9.98. The minimum Gasteiger partial charge on any atom is -0.468 e. The quantitative estimate of drug-likeness (QED) is 0.809. The Bertz CT molecular complexity index is 647. The van der Waals surface area contributed by atoms with Gasteiger partial charge in [-0.15, -0.1) is 12.4 Å². The average Bonchev–Trinajstić information content (AvgIpc) is 2.54. The van der Waals surface area contributed by atoms with E-state index in [-0.39, 0.29) is 12.4 Å². The fourth-order valence-corrected chi connectivity index (χ4v) is 2.40. The smallest absolute Gasteiger partial charge is 0.324 e. The Morgan fingerprint density at radius 2 is 1.78 bits per heavy atom. The molecule has 0 heterocycles. The van der Waals surface area contributed by atoms with Crippen molar-refractivity contribution in [1.82, 2.24) is 0 Å². The highest BCUT2D eigenvalue weighted by molar-refractivity contribution is 6.30. The molecule has 0 amide bonds. The first-order valence-electron chi connectivity index (χ1n) is 6.95. The molecule has 2 rings (SSSR count). The zero-order valence-corrected chi connectivity index (χ0v) is 14.3. The topological polar surface area (TPSA) is 78.3 Å². The van der Waals surface area contributed by atoms with Crippen LogP contribution in [-0.2, 0) is 16.0 Å². The highest BCUT2D eigenvalue weighted by Crippen LogP contribution is 2.23. The molecule has 6 heteroatoms. The first-order valence-corrected chi connectivity index (χ1v) is 7.33. The van der Waals surface area contributed by atoms with Gasteiger partial charge >= 0.3 is 5.97 Å². The van der Waals surface area contributed by atoms with Gasteiger partial charge in [-0.05, 0) is 35.2 Å². The minimum absolute atomic E-state index is 0. The largest absolute Gasteiger partial charge is 0.468 e. The summed E-state index contributed by atoms with van der Waals surface area (Å²) in [7, 11) is 1.30. The molecule has 4 N–H and O–H groups in total. The van der Waals surface area contributed by atoms with Crippen LogP contribution in [0.25, 0.3) is 11.1 Å². The van der Waals surface area contributed by atoms with Gasteiger partial charge in [-0.1, -0.05) is 48.0 Å². The molecule has 2 aromatic carbocycles. The number of benzene rings is 2. The second kappa shape index (κ2) is 8.89. The van der Waals surface area contributed by atoms with E-state index in [1.807, 2.05) is 48.5 Å². The van der Waals surface area contributed by atoms with Crippen LogP contribution in [-0.4, -0.2) is 25.2 Å². The third-order valence-corrected chi connectivity index (χ3v) is 3.75. The molecule has 4 nitrogen and oxygen atoms in total. The van der Waals surface area contributed by atoms with Crippen molar-refractivity contribution in [2.75, 3.05) is 7.11 Å². The number of rotatable bonds is 5. The van der Waals surface area contributed by atoms with E-state index in [0.29, 0.717) is 11.4 Å². The second-order valence-corrected chi connectivity index (χ2v) is 5.56. The predicted molar refractivity (Wildman–Crippen MR) is 95.8 cm³/mol. The lowest BCUT2D eigenvalue weighted by molar-refractivity contribution is -0.142. The second-order valence-electron chi connectivity index (χ2n) is 5.12. The Morgan fingerprint density at radius 3 is 2.35 bits per heavy atom. The Labute approximate surface area is 147 Å². The van der Waals surface area contributed by atoms with Gasteiger partial charge in [0.25, 0.3) is 0 Å². The number of esters is 1. The zero-order valence-electron chi connectivity index (χ0n) is 12.7. The molecule has 0 fully saturated rings. The summed E-state index contributed by atoms with van der Waals surface area (Å²) >= 11 is 6.00. The van der Waals surface area contributed by atoms with Gasteiger partial charge in [0, 0.05) is 11.1 Å². The summed E-state index contributed by atoms with van der Waals surface area (Å²) in [6.07, 6.45) is 0.506. The lowest BCUT2D eigenvalue weighted by Gasteiger charge is -2.17. The summed E-state index contributed by atoms with van der Waals surface area (Å²) in [6.45, 7) is 0. The van der Waals surface area contributed by atoms with Gasteiger partial charge in [0.2, 0.25) is 0 Å². The summed E-state index contributed by atoms with van der Waals surface area (Å²) in [6, 6.07) is 14.3. The molecule has 0 aliphatic carbocycles. The van der Waals surface area contributed by atoms with Crippen molar-refractivity contribution in [3.63, 3.8) is 0 Å². The number of carbonyl (C=O) groups excluding carboxylic acids is 1. The maximum Gasteiger partial charge on any atom is 0.324 e. The Kier molecular flexibility index (Phi) is 7.52. The zero-order chi connectivity index (χ0) is 16.1. The summed E-state index contributed by atoms with van der Waals surface area (Å²) in [5.41, 5.74) is 14.8. The standard InChI is InChI=1S/C17H19ClN2O2.ClH/c1-22-17(21)16(20)15(19)9-11-5-7-12(8-6-11)13-3-2-4-14(18)10-13;/h2-8,10,15-16H,9,19-20H2,1H3;1H/t15-,16+;/m1./s1. The monoisotopic (exact) mass is 354 g/mol. The van der Waals surface area contributed by atoms with Gasteiger partial charge in [0.1, 0.15) is 6.04 Å². The summed E-state index contributed by atoms with van der Waals surface area (Å²) in [4.78, 5) is 11.4. The first kappa shape index (κ1) is 19.5.